The zero-order valence-electron chi connectivity index (χ0n) is 10.9. The molecule has 1 N–H and O–H groups in total. The molecular formula is C12H19BrN4O. The average Bonchev–Trinajstić information content (AvgIpc) is 2.67. The van der Waals surface area contributed by atoms with Crippen LogP contribution in [0.4, 0.5) is 0 Å². The number of hydrogen-bond donors (Lipinski definition) is 1. The van der Waals surface area contributed by atoms with Gasteiger partial charge in [0.25, 0.3) is 0 Å². The van der Waals surface area contributed by atoms with Gasteiger partial charge in [-0.2, -0.15) is 5.10 Å². The number of hydrogen-bond acceptors (Lipinski definition) is 4. The number of rotatable bonds is 3. The second kappa shape index (κ2) is 5.84. The molecule has 0 amide bonds. The zero-order valence-corrected chi connectivity index (χ0v) is 12.4. The van der Waals surface area contributed by atoms with Crippen molar-refractivity contribution in [1.29, 1.82) is 0 Å². The minimum atomic E-state index is 0.855. The molecule has 5 nitrogen and oxygen atoms in total. The third-order valence-corrected chi connectivity index (χ3v) is 4.43. The lowest BCUT2D eigenvalue weighted by atomic mass is 10.1. The molecule has 0 saturated carbocycles. The van der Waals surface area contributed by atoms with E-state index in [1.54, 1.807) is 0 Å². The summed E-state index contributed by atoms with van der Waals surface area (Å²) in [6.07, 6.45) is 1.71. The normalized spacial score (nSPS) is 17.2. The summed E-state index contributed by atoms with van der Waals surface area (Å²) in [6.45, 7) is 7.80. The molecule has 18 heavy (non-hydrogen) atoms. The van der Waals surface area contributed by atoms with E-state index in [1.807, 2.05) is 6.92 Å². The number of likely N-dealkylation sites (tertiary alicyclic amines) is 1. The minimum Gasteiger partial charge on any atom is -0.411 e. The van der Waals surface area contributed by atoms with Crippen LogP contribution in [-0.2, 0) is 13.1 Å². The lowest BCUT2D eigenvalue weighted by Crippen LogP contribution is -2.34. The molecule has 0 spiro atoms. The molecule has 6 heteroatoms. The van der Waals surface area contributed by atoms with Crippen LogP contribution in [0, 0.1) is 6.92 Å². The first-order chi connectivity index (χ1) is 8.65. The van der Waals surface area contributed by atoms with E-state index in [4.69, 9.17) is 5.21 Å². The van der Waals surface area contributed by atoms with E-state index < -0.39 is 0 Å². The molecule has 1 fully saturated rings. The second-order valence-corrected chi connectivity index (χ2v) is 5.40. The Morgan fingerprint density at radius 2 is 2.06 bits per heavy atom. The number of halogens is 1. The number of oxime groups is 1. The van der Waals surface area contributed by atoms with Crippen LogP contribution >= 0.6 is 15.9 Å². The highest BCUT2D eigenvalue weighted by Crippen LogP contribution is 2.23. The van der Waals surface area contributed by atoms with Crippen molar-refractivity contribution in [2.45, 2.75) is 39.8 Å². The lowest BCUT2D eigenvalue weighted by Gasteiger charge is -2.27. The molecule has 0 atom stereocenters. The molecule has 0 aliphatic carbocycles. The topological polar surface area (TPSA) is 53.7 Å². The van der Waals surface area contributed by atoms with E-state index in [2.05, 4.69) is 42.7 Å². The van der Waals surface area contributed by atoms with Gasteiger partial charge in [0, 0.05) is 39.0 Å². The Bertz CT molecular complexity index is 445. The predicted octanol–water partition coefficient (Wildman–Crippen LogP) is 2.40. The Kier molecular flexibility index (Phi) is 4.40. The summed E-state index contributed by atoms with van der Waals surface area (Å²) in [4.78, 5) is 2.38. The van der Waals surface area contributed by atoms with E-state index >= 15 is 0 Å². The van der Waals surface area contributed by atoms with Crippen molar-refractivity contribution in [3.63, 3.8) is 0 Å². The van der Waals surface area contributed by atoms with Crippen LogP contribution in [0.5, 0.6) is 0 Å². The summed E-state index contributed by atoms with van der Waals surface area (Å²) in [5.74, 6) is 0. The molecular weight excluding hydrogens is 296 g/mol. The fourth-order valence-electron chi connectivity index (χ4n) is 2.30. The number of aryl methyl sites for hydroxylation is 2. The molecule has 0 radical (unpaired) electrons. The van der Waals surface area contributed by atoms with E-state index in [-0.39, 0.29) is 0 Å². The maximum absolute atomic E-state index is 8.74. The molecule has 1 aliphatic rings. The lowest BCUT2D eigenvalue weighted by molar-refractivity contribution is 0.249. The van der Waals surface area contributed by atoms with Crippen molar-refractivity contribution in [2.24, 2.45) is 5.16 Å². The molecule has 1 aromatic heterocycles. The third kappa shape index (κ3) is 2.75. The Morgan fingerprint density at radius 1 is 1.39 bits per heavy atom. The smallest absolute Gasteiger partial charge is 0.0739 e. The van der Waals surface area contributed by atoms with Gasteiger partial charge in [0.15, 0.2) is 0 Å². The van der Waals surface area contributed by atoms with Crippen LogP contribution in [0.15, 0.2) is 9.63 Å². The third-order valence-electron chi connectivity index (χ3n) is 3.40. The van der Waals surface area contributed by atoms with E-state index in [0.717, 1.165) is 54.9 Å². The molecule has 2 heterocycles. The molecule has 1 aliphatic heterocycles. The van der Waals surface area contributed by atoms with Gasteiger partial charge in [-0.15, -0.1) is 0 Å². The van der Waals surface area contributed by atoms with Gasteiger partial charge >= 0.3 is 0 Å². The van der Waals surface area contributed by atoms with Gasteiger partial charge in [-0.3, -0.25) is 9.58 Å². The summed E-state index contributed by atoms with van der Waals surface area (Å²) in [6, 6.07) is 0. The van der Waals surface area contributed by atoms with Crippen LogP contribution in [0.2, 0.25) is 0 Å². The highest BCUT2D eigenvalue weighted by Gasteiger charge is 2.19. The molecule has 2 rings (SSSR count). The summed E-state index contributed by atoms with van der Waals surface area (Å²) in [7, 11) is 0. The summed E-state index contributed by atoms with van der Waals surface area (Å²) < 4.78 is 3.17. The molecule has 1 aromatic rings. The Morgan fingerprint density at radius 3 is 2.61 bits per heavy atom. The van der Waals surface area contributed by atoms with E-state index in [1.165, 1.54) is 5.69 Å². The Labute approximate surface area is 116 Å². The second-order valence-electron chi connectivity index (χ2n) is 4.60. The van der Waals surface area contributed by atoms with Crippen molar-refractivity contribution in [2.75, 3.05) is 13.1 Å². The van der Waals surface area contributed by atoms with Gasteiger partial charge in [-0.05, 0) is 29.8 Å². The highest BCUT2D eigenvalue weighted by molar-refractivity contribution is 9.10. The standard InChI is InChI=1S/C12H19BrN4O/c1-3-17-11(12(13)9(2)14-17)8-16-6-4-10(15-18)5-7-16/h18H,3-8H2,1-2H3. The van der Waals surface area contributed by atoms with Crippen LogP contribution in [0.1, 0.15) is 31.2 Å². The van der Waals surface area contributed by atoms with Crippen LogP contribution < -0.4 is 0 Å². The zero-order chi connectivity index (χ0) is 13.1. The Hall–Kier alpha value is -0.880. The van der Waals surface area contributed by atoms with Crippen LogP contribution in [0.25, 0.3) is 0 Å². The van der Waals surface area contributed by atoms with Gasteiger partial charge in [-0.25, -0.2) is 0 Å². The SMILES string of the molecule is CCn1nc(C)c(Br)c1CN1CCC(=NO)CC1. The van der Waals surface area contributed by atoms with Crippen molar-refractivity contribution in [1.82, 2.24) is 14.7 Å². The van der Waals surface area contributed by atoms with Gasteiger partial charge in [-0.1, -0.05) is 5.16 Å². The van der Waals surface area contributed by atoms with Gasteiger partial charge in [0.05, 0.1) is 21.6 Å². The minimum absolute atomic E-state index is 0.855. The maximum atomic E-state index is 8.74. The van der Waals surface area contributed by atoms with Gasteiger partial charge in [0.1, 0.15) is 0 Å². The molecule has 0 unspecified atom stereocenters. The quantitative estimate of drug-likeness (QED) is 0.688. The summed E-state index contributed by atoms with van der Waals surface area (Å²) in [5.41, 5.74) is 3.19. The van der Waals surface area contributed by atoms with Crippen molar-refractivity contribution in [3.05, 3.63) is 15.9 Å². The number of nitrogens with zero attached hydrogens (tertiary/aromatic N) is 4. The molecule has 100 valence electrons. The molecule has 0 aromatic carbocycles. The van der Waals surface area contributed by atoms with Crippen molar-refractivity contribution < 1.29 is 5.21 Å². The van der Waals surface area contributed by atoms with E-state index in [0.29, 0.717) is 0 Å². The van der Waals surface area contributed by atoms with Crippen LogP contribution in [0.3, 0.4) is 0 Å². The largest absolute Gasteiger partial charge is 0.411 e. The molecule has 0 bridgehead atoms. The van der Waals surface area contributed by atoms with Crippen LogP contribution in [-0.4, -0.2) is 38.7 Å². The Balaban J connectivity index is 2.06. The first-order valence-corrected chi connectivity index (χ1v) is 7.09. The number of aromatic nitrogens is 2. The fourth-order valence-corrected chi connectivity index (χ4v) is 2.71. The predicted molar refractivity (Wildman–Crippen MR) is 74.1 cm³/mol. The first kappa shape index (κ1) is 13.5. The molecule has 1 saturated heterocycles. The van der Waals surface area contributed by atoms with Crippen molar-refractivity contribution >= 4 is 21.6 Å². The maximum Gasteiger partial charge on any atom is 0.0739 e. The number of piperidine rings is 1. The highest BCUT2D eigenvalue weighted by atomic mass is 79.9. The first-order valence-electron chi connectivity index (χ1n) is 6.29. The van der Waals surface area contributed by atoms with Crippen molar-refractivity contribution in [3.8, 4) is 0 Å². The van der Waals surface area contributed by atoms with Gasteiger partial charge < -0.3 is 5.21 Å². The fraction of sp³-hybridized carbons (Fsp3) is 0.667. The summed E-state index contributed by atoms with van der Waals surface area (Å²) in [5, 5.41) is 16.6. The van der Waals surface area contributed by atoms with Gasteiger partial charge in [0.2, 0.25) is 0 Å². The average molecular weight is 315 g/mol. The monoisotopic (exact) mass is 314 g/mol. The summed E-state index contributed by atoms with van der Waals surface area (Å²) >= 11 is 3.62. The van der Waals surface area contributed by atoms with E-state index in [9.17, 15) is 0 Å².